The predicted octanol–water partition coefficient (Wildman–Crippen LogP) is 2.51. The predicted molar refractivity (Wildman–Crippen MR) is 75.7 cm³/mol. The first kappa shape index (κ1) is 12.8. The number of rotatable bonds is 4. The maximum absolute atomic E-state index is 4.62. The smallest absolute Gasteiger partial charge is 0.145 e. The highest BCUT2D eigenvalue weighted by Crippen LogP contribution is 2.20. The summed E-state index contributed by atoms with van der Waals surface area (Å²) >= 11 is 0. The molecule has 0 radical (unpaired) electrons. The van der Waals surface area contributed by atoms with Gasteiger partial charge in [0.1, 0.15) is 11.6 Å². The molecule has 0 aliphatic rings. The van der Waals surface area contributed by atoms with Crippen LogP contribution in [0.15, 0.2) is 24.3 Å². The van der Waals surface area contributed by atoms with Crippen LogP contribution in [-0.4, -0.2) is 35.0 Å². The van der Waals surface area contributed by atoms with Gasteiger partial charge in [-0.05, 0) is 40.1 Å². The minimum atomic E-state index is 0.357. The highest BCUT2D eigenvalue weighted by atomic mass is 15.1. The van der Waals surface area contributed by atoms with Gasteiger partial charge in [0.05, 0.1) is 12.1 Å². The van der Waals surface area contributed by atoms with Crippen molar-refractivity contribution in [1.82, 2.24) is 14.9 Å². The lowest BCUT2D eigenvalue weighted by Gasteiger charge is -2.14. The summed E-state index contributed by atoms with van der Waals surface area (Å²) in [6.07, 6.45) is 0. The topological polar surface area (TPSA) is 41.1 Å². The Balaban J connectivity index is 2.49. The normalized spacial score (nSPS) is 11.4. The van der Waals surface area contributed by atoms with Crippen LogP contribution in [0.1, 0.15) is 19.7 Å². The van der Waals surface area contributed by atoms with Gasteiger partial charge in [0.15, 0.2) is 0 Å². The summed E-state index contributed by atoms with van der Waals surface area (Å²) in [4.78, 5) is 11.3. The largest absolute Gasteiger partial charge is 0.367 e. The molecular weight excluding hydrogens is 224 g/mol. The van der Waals surface area contributed by atoms with Crippen LogP contribution in [0.4, 0.5) is 5.82 Å². The number of fused-ring (bicyclic) bond motifs is 1. The van der Waals surface area contributed by atoms with E-state index >= 15 is 0 Å². The highest BCUT2D eigenvalue weighted by Gasteiger charge is 2.08. The van der Waals surface area contributed by atoms with Crippen molar-refractivity contribution in [2.45, 2.75) is 26.4 Å². The molecule has 0 aliphatic carbocycles. The Morgan fingerprint density at radius 1 is 1.17 bits per heavy atom. The van der Waals surface area contributed by atoms with E-state index in [9.17, 15) is 0 Å². The molecule has 2 rings (SSSR count). The number of benzene rings is 1. The fourth-order valence-electron chi connectivity index (χ4n) is 1.86. The zero-order chi connectivity index (χ0) is 13.1. The Morgan fingerprint density at radius 3 is 2.56 bits per heavy atom. The molecule has 4 nitrogen and oxygen atoms in total. The first-order valence-electron chi connectivity index (χ1n) is 6.23. The third kappa shape index (κ3) is 2.96. The van der Waals surface area contributed by atoms with E-state index in [1.807, 2.05) is 32.3 Å². The Hall–Kier alpha value is -1.68. The minimum Gasteiger partial charge on any atom is -0.367 e. The number of anilines is 1. The van der Waals surface area contributed by atoms with Crippen LogP contribution < -0.4 is 5.32 Å². The Labute approximate surface area is 108 Å². The maximum atomic E-state index is 4.62. The first-order chi connectivity index (χ1) is 8.56. The van der Waals surface area contributed by atoms with E-state index in [2.05, 4.69) is 40.1 Å². The lowest BCUT2D eigenvalue weighted by Crippen LogP contribution is -2.16. The van der Waals surface area contributed by atoms with E-state index in [1.165, 1.54) is 0 Å². The van der Waals surface area contributed by atoms with Crippen LogP contribution in [0.3, 0.4) is 0 Å². The molecule has 2 aromatic rings. The number of hydrogen-bond donors (Lipinski definition) is 1. The molecule has 0 unspecified atom stereocenters. The van der Waals surface area contributed by atoms with E-state index in [-0.39, 0.29) is 0 Å². The monoisotopic (exact) mass is 244 g/mol. The van der Waals surface area contributed by atoms with E-state index in [1.54, 1.807) is 0 Å². The number of nitrogens with one attached hydrogen (secondary N) is 1. The van der Waals surface area contributed by atoms with Crippen molar-refractivity contribution in [3.63, 3.8) is 0 Å². The molecule has 0 aliphatic heterocycles. The summed E-state index contributed by atoms with van der Waals surface area (Å²) in [6.45, 7) is 4.97. The SMILES string of the molecule is CC(C)Nc1nc(CN(C)C)nc2ccccc12. The molecule has 18 heavy (non-hydrogen) atoms. The molecular formula is C14H20N4. The van der Waals surface area contributed by atoms with Crippen molar-refractivity contribution in [2.75, 3.05) is 19.4 Å². The summed E-state index contributed by atoms with van der Waals surface area (Å²) in [6, 6.07) is 8.47. The Kier molecular flexibility index (Phi) is 3.77. The van der Waals surface area contributed by atoms with Gasteiger partial charge in [-0.2, -0.15) is 0 Å². The van der Waals surface area contributed by atoms with Crippen molar-refractivity contribution in [3.05, 3.63) is 30.1 Å². The van der Waals surface area contributed by atoms with E-state index in [4.69, 9.17) is 0 Å². The zero-order valence-electron chi connectivity index (χ0n) is 11.4. The molecule has 1 aromatic carbocycles. The molecule has 0 spiro atoms. The summed E-state index contributed by atoms with van der Waals surface area (Å²) in [5, 5.41) is 4.47. The van der Waals surface area contributed by atoms with Crippen LogP contribution in [0.25, 0.3) is 10.9 Å². The van der Waals surface area contributed by atoms with E-state index in [0.717, 1.165) is 29.1 Å². The molecule has 0 bridgehead atoms. The zero-order valence-corrected chi connectivity index (χ0v) is 11.4. The van der Waals surface area contributed by atoms with Gasteiger partial charge < -0.3 is 10.2 Å². The van der Waals surface area contributed by atoms with E-state index < -0.39 is 0 Å². The van der Waals surface area contributed by atoms with Gasteiger partial charge in [0, 0.05) is 11.4 Å². The van der Waals surface area contributed by atoms with Crippen molar-refractivity contribution >= 4 is 16.7 Å². The summed E-state index contributed by atoms with van der Waals surface area (Å²) in [7, 11) is 4.04. The Morgan fingerprint density at radius 2 is 1.89 bits per heavy atom. The second-order valence-electron chi connectivity index (χ2n) is 5.04. The molecule has 1 aromatic heterocycles. The average Bonchev–Trinajstić information content (AvgIpc) is 2.27. The van der Waals surface area contributed by atoms with Crippen molar-refractivity contribution in [1.29, 1.82) is 0 Å². The van der Waals surface area contributed by atoms with Gasteiger partial charge in [-0.25, -0.2) is 9.97 Å². The first-order valence-corrected chi connectivity index (χ1v) is 6.23. The lowest BCUT2D eigenvalue weighted by atomic mass is 10.2. The molecule has 1 N–H and O–H groups in total. The molecule has 0 atom stereocenters. The van der Waals surface area contributed by atoms with Gasteiger partial charge in [-0.15, -0.1) is 0 Å². The standard InChI is InChI=1S/C14H20N4/c1-10(2)15-14-11-7-5-6-8-12(11)16-13(17-14)9-18(3)4/h5-8,10H,9H2,1-4H3,(H,15,16,17). The average molecular weight is 244 g/mol. The van der Waals surface area contributed by atoms with Crippen LogP contribution in [0, 0.1) is 0 Å². The molecule has 1 heterocycles. The third-order valence-electron chi connectivity index (χ3n) is 2.53. The van der Waals surface area contributed by atoms with E-state index in [0.29, 0.717) is 6.04 Å². The van der Waals surface area contributed by atoms with Crippen molar-refractivity contribution in [2.24, 2.45) is 0 Å². The molecule has 96 valence electrons. The van der Waals surface area contributed by atoms with Gasteiger partial charge >= 0.3 is 0 Å². The quantitative estimate of drug-likeness (QED) is 0.897. The highest BCUT2D eigenvalue weighted by molar-refractivity contribution is 5.89. The fraction of sp³-hybridized carbons (Fsp3) is 0.429. The molecule has 4 heteroatoms. The molecule has 0 saturated heterocycles. The lowest BCUT2D eigenvalue weighted by molar-refractivity contribution is 0.391. The van der Waals surface area contributed by atoms with Crippen LogP contribution >= 0.6 is 0 Å². The second-order valence-corrected chi connectivity index (χ2v) is 5.04. The van der Waals surface area contributed by atoms with Crippen LogP contribution in [-0.2, 0) is 6.54 Å². The molecule has 0 fully saturated rings. The number of para-hydroxylation sites is 1. The number of hydrogen-bond acceptors (Lipinski definition) is 4. The Bertz CT molecular complexity index is 534. The van der Waals surface area contributed by atoms with Crippen LogP contribution in [0.5, 0.6) is 0 Å². The van der Waals surface area contributed by atoms with Crippen molar-refractivity contribution in [3.8, 4) is 0 Å². The van der Waals surface area contributed by atoms with Crippen molar-refractivity contribution < 1.29 is 0 Å². The molecule has 0 amide bonds. The van der Waals surface area contributed by atoms with Gasteiger partial charge in [0.25, 0.3) is 0 Å². The minimum absolute atomic E-state index is 0.357. The van der Waals surface area contributed by atoms with Gasteiger partial charge in [0.2, 0.25) is 0 Å². The second kappa shape index (κ2) is 5.31. The third-order valence-corrected chi connectivity index (χ3v) is 2.53. The van der Waals surface area contributed by atoms with Gasteiger partial charge in [-0.1, -0.05) is 12.1 Å². The van der Waals surface area contributed by atoms with Gasteiger partial charge in [-0.3, -0.25) is 0 Å². The van der Waals surface area contributed by atoms with Crippen LogP contribution in [0.2, 0.25) is 0 Å². The molecule has 0 saturated carbocycles. The number of nitrogens with zero attached hydrogens (tertiary/aromatic N) is 3. The summed E-state index contributed by atoms with van der Waals surface area (Å²) < 4.78 is 0. The summed E-state index contributed by atoms with van der Waals surface area (Å²) in [5.74, 6) is 1.77. The fourth-order valence-corrected chi connectivity index (χ4v) is 1.86. The summed E-state index contributed by atoms with van der Waals surface area (Å²) in [5.41, 5.74) is 0.993. The maximum Gasteiger partial charge on any atom is 0.145 e. The number of aromatic nitrogens is 2.